The van der Waals surface area contributed by atoms with Gasteiger partial charge in [-0.25, -0.2) is 0 Å². The van der Waals surface area contributed by atoms with Crippen LogP contribution in [0, 0.1) is 0 Å². The molecule has 0 aliphatic heterocycles. The van der Waals surface area contributed by atoms with Crippen LogP contribution in [0.1, 0.15) is 16.1 Å². The number of ketones is 1. The lowest BCUT2D eigenvalue weighted by molar-refractivity contribution is 0.100. The predicted molar refractivity (Wildman–Crippen MR) is 43.5 cm³/mol. The molecule has 0 aliphatic rings. The Morgan fingerprint density at radius 2 is 2.64 bits per heavy atom. The number of Topliss-reactive ketones (excluding diaryl/α,β-unsaturated/α-hetero) is 1. The highest BCUT2D eigenvalue weighted by Gasteiger charge is 2.03. The summed E-state index contributed by atoms with van der Waals surface area (Å²) in [5.74, 6) is -0.0159. The molecule has 58 valence electrons. The van der Waals surface area contributed by atoms with Crippen molar-refractivity contribution in [3.8, 4) is 0 Å². The van der Waals surface area contributed by atoms with E-state index in [0.717, 1.165) is 0 Å². The first-order chi connectivity index (χ1) is 5.34. The molecule has 3 nitrogen and oxygen atoms in total. The molecule has 4 heteroatoms. The molecule has 0 saturated heterocycles. The lowest BCUT2D eigenvalue weighted by atomic mass is 10.2. The number of carbonyl (C=O) groups excluding carboxylic acids is 1. The Morgan fingerprint density at radius 1 is 1.82 bits per heavy atom. The molecule has 1 rings (SSSR count). The molecule has 0 amide bonds. The zero-order valence-corrected chi connectivity index (χ0v) is 6.54. The van der Waals surface area contributed by atoms with E-state index < -0.39 is 0 Å². The highest BCUT2D eigenvalue weighted by molar-refractivity contribution is 7.12. The minimum atomic E-state index is -0.0159. The maximum atomic E-state index is 11.1. The lowest BCUT2D eigenvalue weighted by Gasteiger charge is -1.87. The van der Waals surface area contributed by atoms with Gasteiger partial charge in [0.2, 0.25) is 0 Å². The number of hydrogen-bond acceptors (Lipinski definition) is 4. The van der Waals surface area contributed by atoms with Crippen molar-refractivity contribution in [1.82, 2.24) is 0 Å². The first-order valence-electron chi connectivity index (χ1n) is 3.07. The molecule has 0 atom stereocenters. The summed E-state index contributed by atoms with van der Waals surface area (Å²) in [4.78, 5) is 11.8. The highest BCUT2D eigenvalue weighted by atomic mass is 32.1. The van der Waals surface area contributed by atoms with E-state index in [4.69, 9.17) is 5.21 Å². The third kappa shape index (κ3) is 2.16. The quantitative estimate of drug-likeness (QED) is 0.324. The molecule has 1 aromatic heterocycles. The Balaban J connectivity index is 2.56. The van der Waals surface area contributed by atoms with Gasteiger partial charge in [-0.1, -0.05) is 6.07 Å². The van der Waals surface area contributed by atoms with E-state index in [1.807, 2.05) is 11.4 Å². The van der Waals surface area contributed by atoms with E-state index in [9.17, 15) is 4.79 Å². The normalized spacial score (nSPS) is 10.5. The van der Waals surface area contributed by atoms with Crippen molar-refractivity contribution >= 4 is 23.3 Å². The largest absolute Gasteiger partial charge is 0.411 e. The van der Waals surface area contributed by atoms with E-state index in [1.165, 1.54) is 17.6 Å². The second-order valence-electron chi connectivity index (χ2n) is 1.90. The fourth-order valence-electron chi connectivity index (χ4n) is 0.662. The van der Waals surface area contributed by atoms with Crippen LogP contribution in [-0.4, -0.2) is 17.2 Å². The average Bonchev–Trinajstić information content (AvgIpc) is 2.52. The Kier molecular flexibility index (Phi) is 2.80. The van der Waals surface area contributed by atoms with Crippen LogP contribution in [0.3, 0.4) is 0 Å². The summed E-state index contributed by atoms with van der Waals surface area (Å²) in [5, 5.41) is 12.6. The molecule has 1 N–H and O–H groups in total. The summed E-state index contributed by atoms with van der Waals surface area (Å²) in [6.45, 7) is 0. The van der Waals surface area contributed by atoms with Crippen molar-refractivity contribution in [1.29, 1.82) is 0 Å². The Bertz CT molecular complexity index is 253. The lowest BCUT2D eigenvalue weighted by Crippen LogP contribution is -1.95. The van der Waals surface area contributed by atoms with Crippen LogP contribution >= 0.6 is 11.3 Å². The third-order valence-electron chi connectivity index (χ3n) is 1.15. The molecular formula is C7H7NO2S. The number of thiophene rings is 1. The van der Waals surface area contributed by atoms with Gasteiger partial charge < -0.3 is 5.21 Å². The molecule has 0 saturated carbocycles. The van der Waals surface area contributed by atoms with Gasteiger partial charge in [0.15, 0.2) is 5.78 Å². The Morgan fingerprint density at radius 3 is 3.18 bits per heavy atom. The molecule has 0 radical (unpaired) electrons. The third-order valence-corrected chi connectivity index (χ3v) is 2.07. The number of rotatable bonds is 3. The minimum Gasteiger partial charge on any atom is -0.411 e. The molecule has 0 aromatic carbocycles. The van der Waals surface area contributed by atoms with Gasteiger partial charge in [0, 0.05) is 0 Å². The predicted octanol–water partition coefficient (Wildman–Crippen LogP) is 1.78. The van der Waals surface area contributed by atoms with Gasteiger partial charge in [-0.2, -0.15) is 0 Å². The van der Waals surface area contributed by atoms with Crippen molar-refractivity contribution in [2.45, 2.75) is 6.42 Å². The Hall–Kier alpha value is -1.16. The molecule has 0 bridgehead atoms. The average molecular weight is 169 g/mol. The summed E-state index contributed by atoms with van der Waals surface area (Å²) < 4.78 is 0. The number of oxime groups is 1. The van der Waals surface area contributed by atoms with E-state index in [2.05, 4.69) is 5.16 Å². The van der Waals surface area contributed by atoms with E-state index in [1.54, 1.807) is 6.07 Å². The smallest absolute Gasteiger partial charge is 0.178 e. The second-order valence-corrected chi connectivity index (χ2v) is 2.85. The molecule has 0 fully saturated rings. The fourth-order valence-corrected chi connectivity index (χ4v) is 1.34. The maximum Gasteiger partial charge on any atom is 0.178 e. The van der Waals surface area contributed by atoms with Gasteiger partial charge >= 0.3 is 0 Å². The van der Waals surface area contributed by atoms with E-state index in [0.29, 0.717) is 4.88 Å². The monoisotopic (exact) mass is 169 g/mol. The SMILES string of the molecule is O=C(C/C=N\O)c1cccs1. The van der Waals surface area contributed by atoms with Crippen LogP contribution in [0.15, 0.2) is 22.7 Å². The van der Waals surface area contributed by atoms with Crippen LogP contribution in [0.4, 0.5) is 0 Å². The van der Waals surface area contributed by atoms with Crippen molar-refractivity contribution in [3.05, 3.63) is 22.4 Å². The molecule has 0 aliphatic carbocycles. The summed E-state index contributed by atoms with van der Waals surface area (Å²) in [6.07, 6.45) is 1.35. The summed E-state index contributed by atoms with van der Waals surface area (Å²) >= 11 is 1.39. The number of carbonyl (C=O) groups is 1. The van der Waals surface area contributed by atoms with Crippen LogP contribution < -0.4 is 0 Å². The standard InChI is InChI=1S/C7H7NO2S/c9-6(3-4-8-10)7-2-1-5-11-7/h1-2,4-5,10H,3H2/b8-4-. The van der Waals surface area contributed by atoms with Crippen molar-refractivity contribution in [3.63, 3.8) is 0 Å². The fraction of sp³-hybridized carbons (Fsp3) is 0.143. The van der Waals surface area contributed by atoms with Crippen molar-refractivity contribution in [2.24, 2.45) is 5.16 Å². The maximum absolute atomic E-state index is 11.1. The minimum absolute atomic E-state index is 0.0159. The number of hydrogen-bond donors (Lipinski definition) is 1. The van der Waals surface area contributed by atoms with Crippen molar-refractivity contribution < 1.29 is 10.0 Å². The first kappa shape index (κ1) is 7.94. The molecular weight excluding hydrogens is 162 g/mol. The van der Waals surface area contributed by atoms with Gasteiger partial charge in [-0.3, -0.25) is 4.79 Å². The zero-order chi connectivity index (χ0) is 8.10. The summed E-state index contributed by atoms with van der Waals surface area (Å²) in [5.41, 5.74) is 0. The second kappa shape index (κ2) is 3.88. The van der Waals surface area contributed by atoms with Gasteiger partial charge in [0.25, 0.3) is 0 Å². The van der Waals surface area contributed by atoms with Crippen LogP contribution in [0.5, 0.6) is 0 Å². The molecule has 1 aromatic rings. The summed E-state index contributed by atoms with van der Waals surface area (Å²) in [6, 6.07) is 3.56. The van der Waals surface area contributed by atoms with Crippen LogP contribution in [0.2, 0.25) is 0 Å². The van der Waals surface area contributed by atoms with Gasteiger partial charge in [-0.15, -0.1) is 16.5 Å². The molecule has 11 heavy (non-hydrogen) atoms. The molecule has 0 spiro atoms. The Labute approximate surface area is 68.0 Å². The van der Waals surface area contributed by atoms with Crippen molar-refractivity contribution in [2.75, 3.05) is 0 Å². The zero-order valence-electron chi connectivity index (χ0n) is 5.73. The number of nitrogens with zero attached hydrogens (tertiary/aromatic N) is 1. The first-order valence-corrected chi connectivity index (χ1v) is 3.95. The van der Waals surface area contributed by atoms with E-state index in [-0.39, 0.29) is 12.2 Å². The molecule has 1 heterocycles. The van der Waals surface area contributed by atoms with Gasteiger partial charge in [0.1, 0.15) is 0 Å². The van der Waals surface area contributed by atoms with E-state index >= 15 is 0 Å². The topological polar surface area (TPSA) is 49.7 Å². The summed E-state index contributed by atoms with van der Waals surface area (Å²) in [7, 11) is 0. The molecule has 0 unspecified atom stereocenters. The highest BCUT2D eigenvalue weighted by Crippen LogP contribution is 2.09. The van der Waals surface area contributed by atoms with Gasteiger partial charge in [0.05, 0.1) is 17.5 Å². The van der Waals surface area contributed by atoms with Crippen LogP contribution in [-0.2, 0) is 0 Å². The van der Waals surface area contributed by atoms with Crippen LogP contribution in [0.25, 0.3) is 0 Å². The van der Waals surface area contributed by atoms with Gasteiger partial charge in [-0.05, 0) is 11.4 Å².